The van der Waals surface area contributed by atoms with E-state index in [1.165, 1.54) is 17.2 Å². The van der Waals surface area contributed by atoms with E-state index in [-0.39, 0.29) is 28.3 Å². The van der Waals surface area contributed by atoms with Crippen LogP contribution in [0.2, 0.25) is 0 Å². The molecule has 5 rings (SSSR count). The third-order valence-corrected chi connectivity index (χ3v) is 5.28. The number of nitrogens with two attached hydrogens (primary N) is 1. The molecule has 0 bridgehead atoms. The minimum Gasteiger partial charge on any atom is -0.387 e. The summed E-state index contributed by atoms with van der Waals surface area (Å²) in [4.78, 5) is 71.4. The van der Waals surface area contributed by atoms with Gasteiger partial charge in [-0.1, -0.05) is 0 Å². The van der Waals surface area contributed by atoms with Crippen LogP contribution in [-0.4, -0.2) is 84.4 Å². The zero-order valence-corrected chi connectivity index (χ0v) is 18.1. The first-order valence-electron chi connectivity index (χ1n) is 9.54. The average molecular weight is 515 g/mol. The molecule has 0 saturated carbocycles. The van der Waals surface area contributed by atoms with Crippen molar-refractivity contribution in [2.24, 2.45) is 0 Å². The van der Waals surface area contributed by atoms with E-state index in [1.807, 2.05) is 0 Å². The second kappa shape index (κ2) is 9.15. The normalized spacial score (nSPS) is 22.4. The van der Waals surface area contributed by atoms with Crippen LogP contribution in [0.1, 0.15) is 6.23 Å². The molecular formula is C15H18N9O10P. The van der Waals surface area contributed by atoms with Crippen LogP contribution in [-0.2, 0) is 13.8 Å². The molecule has 5 heterocycles. The summed E-state index contributed by atoms with van der Waals surface area (Å²) >= 11 is 0. The largest absolute Gasteiger partial charge is 0.469 e. The average Bonchev–Trinajstić information content (AvgIpc) is 3.46. The Morgan fingerprint density at radius 3 is 2.57 bits per heavy atom. The fraction of sp³-hybridized carbons (Fsp3) is 0.333. The molecule has 188 valence electrons. The lowest BCUT2D eigenvalue weighted by Crippen LogP contribution is -2.33. The number of nitrogens with zero attached hydrogens (tertiary/aromatic N) is 4. The van der Waals surface area contributed by atoms with Crippen molar-refractivity contribution in [1.29, 1.82) is 0 Å². The molecule has 0 spiro atoms. The van der Waals surface area contributed by atoms with E-state index in [9.17, 15) is 29.2 Å². The van der Waals surface area contributed by atoms with E-state index in [0.717, 1.165) is 0 Å². The van der Waals surface area contributed by atoms with E-state index < -0.39 is 55.8 Å². The van der Waals surface area contributed by atoms with Crippen molar-refractivity contribution in [1.82, 2.24) is 39.5 Å². The standard InChI is InChI=1S/C10H14N5O8P.C5H4N4O2/c11-10-13-7-4(8(18)14-10)12-2-15(7)9-6(17)5(16)3(23-9)1-22-24(19,20)21;10-4-2-3(7-1-6-2)8-5(11)9-4/h2-3,5-6,9,16-17H,1H2,(H2,19,20,21)(H3,11,13,14,18);1H,(H3,6,7,8,9,10,11)/t3-,5-,6-,9-;/m1./s1. The molecule has 4 atom stereocenters. The first kappa shape index (κ1) is 24.4. The van der Waals surface area contributed by atoms with Gasteiger partial charge in [0.05, 0.1) is 19.3 Å². The molecule has 0 unspecified atom stereocenters. The minimum absolute atomic E-state index is 0.0176. The highest BCUT2D eigenvalue weighted by Crippen LogP contribution is 2.38. The number of fused-ring (bicyclic) bond motifs is 2. The highest BCUT2D eigenvalue weighted by atomic mass is 31.2. The number of hydrogen-bond acceptors (Lipinski definition) is 12. The van der Waals surface area contributed by atoms with Gasteiger partial charge in [-0.15, -0.1) is 0 Å². The van der Waals surface area contributed by atoms with Gasteiger partial charge >= 0.3 is 13.5 Å². The van der Waals surface area contributed by atoms with Crippen LogP contribution in [0, 0.1) is 0 Å². The summed E-state index contributed by atoms with van der Waals surface area (Å²) in [6.07, 6.45) is -2.87. The minimum atomic E-state index is -4.76. The SMILES string of the molecule is Nc1nc2c(ncn2[C@@H]2O[C@H](COP(=O)(O)O)[C@@H](O)[C@H]2O)c(=O)[nH]1.O=c1[nH]c(=O)c2[nH]cnc2[nH]1. The van der Waals surface area contributed by atoms with Crippen LogP contribution >= 0.6 is 7.82 Å². The molecule has 4 aromatic rings. The fourth-order valence-electron chi connectivity index (χ4n) is 3.26. The predicted molar refractivity (Wildman–Crippen MR) is 114 cm³/mol. The van der Waals surface area contributed by atoms with Crippen molar-refractivity contribution in [2.75, 3.05) is 12.3 Å². The van der Waals surface area contributed by atoms with Gasteiger partial charge in [-0.05, 0) is 0 Å². The van der Waals surface area contributed by atoms with Crippen LogP contribution in [0.25, 0.3) is 22.3 Å². The van der Waals surface area contributed by atoms with Gasteiger partial charge in [-0.2, -0.15) is 4.98 Å². The van der Waals surface area contributed by atoms with Gasteiger partial charge in [-0.25, -0.2) is 19.3 Å². The van der Waals surface area contributed by atoms with Crippen LogP contribution in [0.5, 0.6) is 0 Å². The monoisotopic (exact) mass is 515 g/mol. The molecule has 0 radical (unpaired) electrons. The van der Waals surface area contributed by atoms with E-state index in [4.69, 9.17) is 20.3 Å². The molecule has 1 saturated heterocycles. The van der Waals surface area contributed by atoms with E-state index >= 15 is 0 Å². The number of hydrogen-bond donors (Lipinski definition) is 9. The number of ether oxygens (including phenoxy) is 1. The Hall–Kier alpha value is -3.71. The maximum Gasteiger partial charge on any atom is 0.469 e. The lowest BCUT2D eigenvalue weighted by molar-refractivity contribution is -0.0503. The zero-order chi connectivity index (χ0) is 25.5. The van der Waals surface area contributed by atoms with Crippen LogP contribution in [0.3, 0.4) is 0 Å². The van der Waals surface area contributed by atoms with Gasteiger partial charge in [0.15, 0.2) is 23.0 Å². The summed E-state index contributed by atoms with van der Waals surface area (Å²) in [7, 11) is -4.76. The van der Waals surface area contributed by atoms with Gasteiger partial charge in [0.2, 0.25) is 5.95 Å². The Morgan fingerprint density at radius 2 is 1.86 bits per heavy atom. The highest BCUT2D eigenvalue weighted by molar-refractivity contribution is 7.46. The lowest BCUT2D eigenvalue weighted by atomic mass is 10.1. The summed E-state index contributed by atoms with van der Waals surface area (Å²) in [5.41, 5.74) is 4.40. The quantitative estimate of drug-likeness (QED) is 0.119. The number of aromatic nitrogens is 8. The number of nitrogens with one attached hydrogen (secondary N) is 4. The zero-order valence-electron chi connectivity index (χ0n) is 17.2. The molecule has 0 aliphatic carbocycles. The van der Waals surface area contributed by atoms with Gasteiger partial charge in [-0.3, -0.25) is 33.6 Å². The third kappa shape index (κ3) is 5.05. The lowest BCUT2D eigenvalue weighted by Gasteiger charge is -2.16. The van der Waals surface area contributed by atoms with Crippen molar-refractivity contribution in [2.45, 2.75) is 24.5 Å². The van der Waals surface area contributed by atoms with Crippen molar-refractivity contribution < 1.29 is 33.8 Å². The summed E-state index contributed by atoms with van der Waals surface area (Å²) in [6, 6.07) is 0. The topological polar surface area (TPSA) is 300 Å². The Balaban J connectivity index is 0.000000218. The Morgan fingerprint density at radius 1 is 1.11 bits per heavy atom. The van der Waals surface area contributed by atoms with Crippen molar-refractivity contribution in [3.05, 3.63) is 43.8 Å². The van der Waals surface area contributed by atoms with E-state index in [1.54, 1.807) is 0 Å². The smallest absolute Gasteiger partial charge is 0.387 e. The third-order valence-electron chi connectivity index (χ3n) is 4.79. The molecule has 0 amide bonds. The van der Waals surface area contributed by atoms with Crippen LogP contribution in [0.4, 0.5) is 5.95 Å². The molecule has 4 aromatic heterocycles. The molecule has 20 heteroatoms. The second-order valence-corrected chi connectivity index (χ2v) is 8.38. The van der Waals surface area contributed by atoms with Gasteiger partial charge in [0.1, 0.15) is 23.8 Å². The number of nitrogen functional groups attached to an aromatic ring is 1. The molecule has 1 fully saturated rings. The molecule has 19 nitrogen and oxygen atoms in total. The maximum atomic E-state index is 11.7. The number of phosphoric ester groups is 1. The molecule has 0 aromatic carbocycles. The molecule has 35 heavy (non-hydrogen) atoms. The van der Waals surface area contributed by atoms with Gasteiger partial charge in [0.25, 0.3) is 11.1 Å². The second-order valence-electron chi connectivity index (χ2n) is 7.14. The number of rotatable bonds is 4. The Labute approximate surface area is 190 Å². The maximum absolute atomic E-state index is 11.7. The number of aliphatic hydroxyl groups is 2. The van der Waals surface area contributed by atoms with Gasteiger partial charge in [0, 0.05) is 0 Å². The number of aliphatic hydroxyl groups excluding tert-OH is 2. The summed E-state index contributed by atoms with van der Waals surface area (Å²) < 4.78 is 21.6. The van der Waals surface area contributed by atoms with E-state index in [0.29, 0.717) is 0 Å². The fourth-order valence-corrected chi connectivity index (χ4v) is 3.60. The number of aromatic amines is 4. The predicted octanol–water partition coefficient (Wildman–Crippen LogP) is -3.63. The number of imidazole rings is 2. The van der Waals surface area contributed by atoms with Crippen LogP contribution < -0.4 is 22.5 Å². The van der Waals surface area contributed by atoms with Crippen molar-refractivity contribution in [3.63, 3.8) is 0 Å². The van der Waals surface area contributed by atoms with E-state index in [2.05, 4.69) is 39.4 Å². The first-order chi connectivity index (χ1) is 16.4. The number of phosphoric acid groups is 1. The first-order valence-corrected chi connectivity index (χ1v) is 11.1. The molecular weight excluding hydrogens is 497 g/mol. The Bertz CT molecular complexity index is 1580. The molecule has 1 aliphatic rings. The Kier molecular flexibility index (Phi) is 6.38. The summed E-state index contributed by atoms with van der Waals surface area (Å²) in [5, 5.41) is 20.1. The number of H-pyrrole nitrogens is 4. The molecule has 1 aliphatic heterocycles. The van der Waals surface area contributed by atoms with Crippen LogP contribution in [0.15, 0.2) is 27.0 Å². The van der Waals surface area contributed by atoms with Crippen molar-refractivity contribution in [3.8, 4) is 0 Å². The molecule has 10 N–H and O–H groups in total. The van der Waals surface area contributed by atoms with Gasteiger partial charge < -0.3 is 35.5 Å². The summed E-state index contributed by atoms with van der Waals surface area (Å²) in [5.74, 6) is -0.177. The highest BCUT2D eigenvalue weighted by Gasteiger charge is 2.45. The van der Waals surface area contributed by atoms with Crippen molar-refractivity contribution >= 4 is 36.1 Å². The summed E-state index contributed by atoms with van der Waals surface area (Å²) in [6.45, 7) is -0.651. The number of anilines is 1.